The van der Waals surface area contributed by atoms with Gasteiger partial charge >= 0.3 is 0 Å². The van der Waals surface area contributed by atoms with Crippen molar-refractivity contribution in [2.24, 2.45) is 0 Å². The number of rotatable bonds is 4. The highest BCUT2D eigenvalue weighted by atomic mass is 16.5. The Hall–Kier alpha value is -3.09. The van der Waals surface area contributed by atoms with E-state index in [9.17, 15) is 15.0 Å². The lowest BCUT2D eigenvalue weighted by Gasteiger charge is -2.28. The van der Waals surface area contributed by atoms with Gasteiger partial charge in [-0.25, -0.2) is 0 Å². The van der Waals surface area contributed by atoms with Crippen LogP contribution >= 0.6 is 0 Å². The maximum absolute atomic E-state index is 12.5. The highest BCUT2D eigenvalue weighted by Crippen LogP contribution is 2.49. The summed E-state index contributed by atoms with van der Waals surface area (Å²) in [4.78, 5) is 12.5. The van der Waals surface area contributed by atoms with Crippen LogP contribution in [-0.2, 0) is 11.2 Å². The van der Waals surface area contributed by atoms with Crippen LogP contribution in [0.25, 0.3) is 0 Å². The molecule has 2 aromatic carbocycles. The van der Waals surface area contributed by atoms with Crippen LogP contribution in [0.15, 0.2) is 24.3 Å². The number of benzene rings is 2. The molecule has 0 saturated carbocycles. The summed E-state index contributed by atoms with van der Waals surface area (Å²) in [5.41, 5.74) is 0.815. The van der Waals surface area contributed by atoms with E-state index in [1.165, 1.54) is 33.5 Å². The molecule has 3 rings (SSSR count). The second-order valence-corrected chi connectivity index (χ2v) is 5.51. The smallest absolute Gasteiger partial charge is 0.203 e. The van der Waals surface area contributed by atoms with Crippen molar-refractivity contribution in [3.8, 4) is 34.5 Å². The lowest BCUT2D eigenvalue weighted by molar-refractivity contribution is -0.126. The standard InChI is InChI=1S/C18H18O7/c1-22-14-5-4-9(6-12(14)20)16-13(21)7-10-11(19)8-15(23-2)18(24-3)17(10)25-16/h4-6,8,16,19-20H,7H2,1-3H3. The van der Waals surface area contributed by atoms with E-state index < -0.39 is 6.10 Å². The monoisotopic (exact) mass is 346 g/mol. The summed E-state index contributed by atoms with van der Waals surface area (Å²) in [6.07, 6.45) is -0.969. The molecule has 0 amide bonds. The van der Waals surface area contributed by atoms with Gasteiger partial charge in [-0.2, -0.15) is 0 Å². The average Bonchev–Trinajstić information content (AvgIpc) is 2.61. The molecule has 1 aliphatic heterocycles. The molecular weight excluding hydrogens is 328 g/mol. The van der Waals surface area contributed by atoms with Crippen LogP contribution in [0, 0.1) is 0 Å². The van der Waals surface area contributed by atoms with Gasteiger partial charge in [-0.15, -0.1) is 0 Å². The first kappa shape index (κ1) is 16.8. The van der Waals surface area contributed by atoms with Crippen LogP contribution in [0.4, 0.5) is 0 Å². The van der Waals surface area contributed by atoms with Gasteiger partial charge in [0.15, 0.2) is 34.9 Å². The number of ether oxygens (including phenoxy) is 4. The number of phenols is 2. The van der Waals surface area contributed by atoms with E-state index in [1.807, 2.05) is 0 Å². The summed E-state index contributed by atoms with van der Waals surface area (Å²) < 4.78 is 21.4. The maximum Gasteiger partial charge on any atom is 0.203 e. The minimum Gasteiger partial charge on any atom is -0.507 e. The Bertz CT molecular complexity index is 829. The van der Waals surface area contributed by atoms with Crippen LogP contribution in [0.3, 0.4) is 0 Å². The zero-order chi connectivity index (χ0) is 18.1. The predicted molar refractivity (Wildman–Crippen MR) is 87.9 cm³/mol. The second kappa shape index (κ2) is 6.43. The van der Waals surface area contributed by atoms with Gasteiger partial charge in [-0.1, -0.05) is 6.07 Å². The number of carbonyl (C=O) groups is 1. The summed E-state index contributed by atoms with van der Waals surface area (Å²) in [7, 11) is 4.33. The molecule has 1 heterocycles. The second-order valence-electron chi connectivity index (χ2n) is 5.51. The molecule has 1 unspecified atom stereocenters. The highest BCUT2D eigenvalue weighted by molar-refractivity contribution is 5.90. The van der Waals surface area contributed by atoms with E-state index >= 15 is 0 Å². The molecule has 0 aromatic heterocycles. The Labute approximate surface area is 144 Å². The van der Waals surface area contributed by atoms with Gasteiger partial charge in [0.1, 0.15) is 5.75 Å². The number of ketones is 1. The molecular formula is C18H18O7. The molecule has 0 bridgehead atoms. The largest absolute Gasteiger partial charge is 0.507 e. The number of hydrogen-bond acceptors (Lipinski definition) is 7. The fourth-order valence-corrected chi connectivity index (χ4v) is 2.86. The summed E-state index contributed by atoms with van der Waals surface area (Å²) in [5.74, 6) is 0.692. The normalized spacial score (nSPS) is 16.0. The zero-order valence-corrected chi connectivity index (χ0v) is 14.0. The third-order valence-electron chi connectivity index (χ3n) is 4.09. The van der Waals surface area contributed by atoms with Crippen LogP contribution in [0.1, 0.15) is 17.2 Å². The van der Waals surface area contributed by atoms with Gasteiger partial charge in [0.2, 0.25) is 5.75 Å². The van der Waals surface area contributed by atoms with E-state index in [0.717, 1.165) is 0 Å². The van der Waals surface area contributed by atoms with Gasteiger partial charge in [-0.05, 0) is 12.1 Å². The number of fused-ring (bicyclic) bond motifs is 1. The van der Waals surface area contributed by atoms with E-state index in [-0.39, 0.29) is 29.5 Å². The third kappa shape index (κ3) is 2.77. The summed E-state index contributed by atoms with van der Waals surface area (Å²) in [5, 5.41) is 20.1. The molecule has 25 heavy (non-hydrogen) atoms. The van der Waals surface area contributed by atoms with Crippen molar-refractivity contribution in [1.82, 2.24) is 0 Å². The first-order valence-electron chi connectivity index (χ1n) is 7.53. The Morgan fingerprint density at radius 3 is 2.32 bits per heavy atom. The molecule has 0 aliphatic carbocycles. The van der Waals surface area contributed by atoms with Crippen LogP contribution in [0.2, 0.25) is 0 Å². The number of phenolic OH excluding ortho intramolecular Hbond substituents is 2. The van der Waals surface area contributed by atoms with E-state index in [4.69, 9.17) is 18.9 Å². The number of hydrogen-bond donors (Lipinski definition) is 2. The summed E-state index contributed by atoms with van der Waals surface area (Å²) in [6, 6.07) is 5.99. The number of Topliss-reactive ketones (excluding diaryl/α,β-unsaturated/α-hetero) is 1. The van der Waals surface area contributed by atoms with Crippen LogP contribution in [-0.4, -0.2) is 37.3 Å². The molecule has 2 N–H and O–H groups in total. The quantitative estimate of drug-likeness (QED) is 0.877. The number of methoxy groups -OCH3 is 3. The van der Waals surface area contributed by atoms with Gasteiger partial charge < -0.3 is 29.2 Å². The Morgan fingerprint density at radius 2 is 1.72 bits per heavy atom. The van der Waals surface area contributed by atoms with Gasteiger partial charge in [0.05, 0.1) is 21.3 Å². The predicted octanol–water partition coefficient (Wildman–Crippen LogP) is 2.37. The van der Waals surface area contributed by atoms with Crippen molar-refractivity contribution in [2.75, 3.05) is 21.3 Å². The van der Waals surface area contributed by atoms with E-state index in [1.54, 1.807) is 12.1 Å². The summed E-state index contributed by atoms with van der Waals surface area (Å²) >= 11 is 0. The van der Waals surface area contributed by atoms with Crippen molar-refractivity contribution in [1.29, 1.82) is 0 Å². The van der Waals surface area contributed by atoms with Gasteiger partial charge in [0.25, 0.3) is 0 Å². The molecule has 1 atom stereocenters. The molecule has 0 spiro atoms. The molecule has 0 fully saturated rings. The Balaban J connectivity index is 2.07. The highest BCUT2D eigenvalue weighted by Gasteiger charge is 2.35. The topological polar surface area (TPSA) is 94.5 Å². The molecule has 7 heteroatoms. The molecule has 132 valence electrons. The average molecular weight is 346 g/mol. The fraction of sp³-hybridized carbons (Fsp3) is 0.278. The van der Waals surface area contributed by atoms with E-state index in [2.05, 4.69) is 0 Å². The summed E-state index contributed by atoms with van der Waals surface area (Å²) in [6.45, 7) is 0. The molecule has 2 aromatic rings. The third-order valence-corrected chi connectivity index (χ3v) is 4.09. The van der Waals surface area contributed by atoms with Crippen LogP contribution in [0.5, 0.6) is 34.5 Å². The zero-order valence-electron chi connectivity index (χ0n) is 14.0. The van der Waals surface area contributed by atoms with Crippen LogP contribution < -0.4 is 18.9 Å². The van der Waals surface area contributed by atoms with Gasteiger partial charge in [0, 0.05) is 23.6 Å². The minimum atomic E-state index is -0.940. The Morgan fingerprint density at radius 1 is 1.00 bits per heavy atom. The SMILES string of the molecule is COc1ccc(C2Oc3c(c(O)cc(OC)c3OC)CC2=O)cc1O. The van der Waals surface area contributed by atoms with Crippen molar-refractivity contribution in [3.05, 3.63) is 35.4 Å². The molecule has 0 radical (unpaired) electrons. The number of aromatic hydroxyl groups is 2. The van der Waals surface area contributed by atoms with Crippen molar-refractivity contribution in [3.63, 3.8) is 0 Å². The van der Waals surface area contributed by atoms with E-state index in [0.29, 0.717) is 28.4 Å². The lowest BCUT2D eigenvalue weighted by Crippen LogP contribution is -2.26. The molecule has 7 nitrogen and oxygen atoms in total. The first-order valence-corrected chi connectivity index (χ1v) is 7.53. The molecule has 1 aliphatic rings. The lowest BCUT2D eigenvalue weighted by atomic mass is 9.94. The fourth-order valence-electron chi connectivity index (χ4n) is 2.86. The minimum absolute atomic E-state index is 0.0288. The maximum atomic E-state index is 12.5. The van der Waals surface area contributed by atoms with Crippen molar-refractivity contribution in [2.45, 2.75) is 12.5 Å². The van der Waals surface area contributed by atoms with Crippen molar-refractivity contribution >= 4 is 5.78 Å². The Kier molecular flexibility index (Phi) is 4.31. The van der Waals surface area contributed by atoms with Crippen molar-refractivity contribution < 1.29 is 34.0 Å². The van der Waals surface area contributed by atoms with Gasteiger partial charge in [-0.3, -0.25) is 4.79 Å². The molecule has 0 saturated heterocycles. The number of carbonyl (C=O) groups excluding carboxylic acids is 1. The first-order chi connectivity index (χ1) is 12.0.